The Balaban J connectivity index is 2.35. The minimum Gasteiger partial charge on any atom is -0.875 e. The summed E-state index contributed by atoms with van der Waals surface area (Å²) in [6.45, 7) is 5.38. The molecule has 1 aromatic carbocycles. The van der Waals surface area contributed by atoms with Crippen molar-refractivity contribution in [2.45, 2.75) is 64.9 Å². The van der Waals surface area contributed by atoms with E-state index in [2.05, 4.69) is 0 Å². The zero-order valence-electron chi connectivity index (χ0n) is 15.0. The molecule has 0 N–H and O–H groups in total. The molecule has 1 aliphatic rings. The maximum Gasteiger partial charge on any atom is 0.333 e. The molecule has 0 unspecified atom stereocenters. The zero-order chi connectivity index (χ0) is 18.6. The Bertz CT molecular complexity index is 653. The Hall–Kier alpha value is -1.19. The van der Waals surface area contributed by atoms with Crippen molar-refractivity contribution < 1.29 is 14.6 Å². The van der Waals surface area contributed by atoms with Crippen LogP contribution in [-0.4, -0.2) is 11.6 Å². The smallest absolute Gasteiger partial charge is 0.333 e. The number of carbonyl (C=O) groups is 1. The average molecular weight is 384 g/mol. The lowest BCUT2D eigenvalue weighted by molar-refractivity contribution is -0.318. The van der Waals surface area contributed by atoms with E-state index in [1.54, 1.807) is 39.0 Å². The van der Waals surface area contributed by atoms with Crippen LogP contribution in [0.25, 0.3) is 0 Å². The number of esters is 1. The van der Waals surface area contributed by atoms with E-state index in [0.717, 1.165) is 32.1 Å². The fraction of sp³-hybridized carbons (Fsp3) is 0.550. The third kappa shape index (κ3) is 5.93. The first-order valence-corrected chi connectivity index (χ1v) is 9.50. The third-order valence-electron chi connectivity index (χ3n) is 4.30. The van der Waals surface area contributed by atoms with Crippen LogP contribution in [0.15, 0.2) is 29.5 Å². The molecule has 0 radical (unpaired) electrons. The number of allylic oxidation sites excluding steroid dienone is 1. The number of halogens is 2. The molecule has 0 saturated heterocycles. The lowest BCUT2D eigenvalue weighted by Gasteiger charge is -2.32. The maximum absolute atomic E-state index is 13.0. The topological polar surface area (TPSA) is 49.4 Å². The van der Waals surface area contributed by atoms with Crippen LogP contribution in [0.5, 0.6) is 0 Å². The van der Waals surface area contributed by atoms with Gasteiger partial charge in [-0.2, -0.15) is 0 Å². The van der Waals surface area contributed by atoms with Crippen LogP contribution in [-0.2, 0) is 16.0 Å². The van der Waals surface area contributed by atoms with Crippen LogP contribution in [0.1, 0.15) is 58.4 Å². The summed E-state index contributed by atoms with van der Waals surface area (Å²) in [6, 6.07) is 5.08. The second-order valence-electron chi connectivity index (χ2n) is 7.59. The molecule has 0 atom stereocenters. The molecule has 1 aromatic rings. The Kier molecular flexibility index (Phi) is 6.81. The second kappa shape index (κ2) is 8.46. The minimum absolute atomic E-state index is 0.0951. The molecule has 0 aromatic heterocycles. The van der Waals surface area contributed by atoms with Gasteiger partial charge in [0, 0.05) is 22.0 Å². The van der Waals surface area contributed by atoms with E-state index in [1.807, 2.05) is 0 Å². The molecule has 1 aliphatic carbocycles. The average Bonchev–Trinajstić information content (AvgIpc) is 2.52. The summed E-state index contributed by atoms with van der Waals surface area (Å²) in [5.74, 6) is -0.739. The molecule has 1 fully saturated rings. The molecular weight excluding hydrogens is 359 g/mol. The van der Waals surface area contributed by atoms with Crippen molar-refractivity contribution in [3.05, 3.63) is 45.1 Å². The van der Waals surface area contributed by atoms with Gasteiger partial charge in [0.05, 0.1) is 0 Å². The van der Waals surface area contributed by atoms with Crippen LogP contribution in [0.2, 0.25) is 10.0 Å². The summed E-state index contributed by atoms with van der Waals surface area (Å²) in [5.41, 5.74) is 0.237. The highest BCUT2D eigenvalue weighted by Crippen LogP contribution is 2.31. The molecule has 0 heterocycles. The van der Waals surface area contributed by atoms with E-state index in [9.17, 15) is 9.90 Å². The van der Waals surface area contributed by atoms with Crippen LogP contribution in [0.3, 0.4) is 0 Å². The van der Waals surface area contributed by atoms with E-state index >= 15 is 0 Å². The fourth-order valence-corrected chi connectivity index (χ4v) is 3.54. The van der Waals surface area contributed by atoms with Crippen LogP contribution in [0, 0.1) is 5.92 Å². The first-order chi connectivity index (χ1) is 11.7. The first-order valence-electron chi connectivity index (χ1n) is 8.74. The predicted molar refractivity (Wildman–Crippen MR) is 99.6 cm³/mol. The highest BCUT2D eigenvalue weighted by molar-refractivity contribution is 6.35. The van der Waals surface area contributed by atoms with Gasteiger partial charge >= 0.3 is 5.97 Å². The van der Waals surface area contributed by atoms with Gasteiger partial charge in [0.1, 0.15) is 5.60 Å². The standard InChI is InChI=1S/C20H26Cl2O3/c1-20(2,3)25-19(24)16(18(23)13-7-5-4-6-8-13)11-14-9-10-15(21)12-17(14)22/h9-10,12-13,23H,4-8,11H2,1-3H3/p-1/b18-16+. The highest BCUT2D eigenvalue weighted by Gasteiger charge is 2.24. The van der Waals surface area contributed by atoms with Gasteiger partial charge in [-0.3, -0.25) is 0 Å². The van der Waals surface area contributed by atoms with Crippen molar-refractivity contribution in [1.82, 2.24) is 0 Å². The van der Waals surface area contributed by atoms with E-state index in [0.29, 0.717) is 15.6 Å². The summed E-state index contributed by atoms with van der Waals surface area (Å²) >= 11 is 12.2. The zero-order valence-corrected chi connectivity index (χ0v) is 16.5. The van der Waals surface area contributed by atoms with Gasteiger partial charge in [0.2, 0.25) is 0 Å². The summed E-state index contributed by atoms with van der Waals surface area (Å²) in [6.07, 6.45) is 5.03. The summed E-state index contributed by atoms with van der Waals surface area (Å²) in [4.78, 5) is 12.7. The van der Waals surface area contributed by atoms with Gasteiger partial charge in [0.15, 0.2) is 0 Å². The molecule has 138 valence electrons. The number of carbonyl (C=O) groups excluding carboxylic acids is 1. The number of hydrogen-bond acceptors (Lipinski definition) is 3. The molecule has 0 amide bonds. The van der Waals surface area contributed by atoms with Crippen molar-refractivity contribution in [2.24, 2.45) is 5.92 Å². The summed E-state index contributed by atoms with van der Waals surface area (Å²) < 4.78 is 5.48. The van der Waals surface area contributed by atoms with Gasteiger partial charge in [-0.25, -0.2) is 4.79 Å². The van der Waals surface area contributed by atoms with Crippen molar-refractivity contribution in [3.8, 4) is 0 Å². The number of hydrogen-bond donors (Lipinski definition) is 0. The summed E-state index contributed by atoms with van der Waals surface area (Å²) in [5, 5.41) is 14.0. The number of rotatable bonds is 4. The minimum atomic E-state index is -0.654. The van der Waals surface area contributed by atoms with Gasteiger partial charge in [-0.15, -0.1) is 5.76 Å². The Morgan fingerprint density at radius 2 is 1.84 bits per heavy atom. The maximum atomic E-state index is 13.0. The SMILES string of the molecule is CC(C)(C)OC(=O)/C(Cc1ccc(Cl)cc1Cl)=C(/[O-])C1CCCCC1. The molecule has 1 saturated carbocycles. The van der Waals surface area contributed by atoms with Gasteiger partial charge < -0.3 is 9.84 Å². The van der Waals surface area contributed by atoms with E-state index in [1.165, 1.54) is 0 Å². The molecule has 5 heteroatoms. The summed E-state index contributed by atoms with van der Waals surface area (Å²) in [7, 11) is 0. The van der Waals surface area contributed by atoms with E-state index in [4.69, 9.17) is 27.9 Å². The largest absolute Gasteiger partial charge is 0.875 e. The Labute approximate surface area is 160 Å². The lowest BCUT2D eigenvalue weighted by atomic mass is 9.85. The quantitative estimate of drug-likeness (QED) is 0.414. The van der Waals surface area contributed by atoms with Crippen molar-refractivity contribution in [3.63, 3.8) is 0 Å². The highest BCUT2D eigenvalue weighted by atomic mass is 35.5. The number of ether oxygens (including phenoxy) is 1. The predicted octanol–water partition coefficient (Wildman–Crippen LogP) is 5.07. The monoisotopic (exact) mass is 383 g/mol. The van der Waals surface area contributed by atoms with Gasteiger partial charge in [-0.05, 0) is 57.2 Å². The second-order valence-corrected chi connectivity index (χ2v) is 8.44. The molecule has 0 spiro atoms. The van der Waals surface area contributed by atoms with Crippen LogP contribution >= 0.6 is 23.2 Å². The lowest BCUT2D eigenvalue weighted by Crippen LogP contribution is -2.30. The molecule has 3 nitrogen and oxygen atoms in total. The first kappa shape index (κ1) is 20.1. The molecule has 2 rings (SSSR count). The van der Waals surface area contributed by atoms with Crippen molar-refractivity contribution in [1.29, 1.82) is 0 Å². The molecule has 25 heavy (non-hydrogen) atoms. The van der Waals surface area contributed by atoms with Crippen molar-refractivity contribution >= 4 is 29.2 Å². The molecule has 0 bridgehead atoms. The molecule has 0 aliphatic heterocycles. The third-order valence-corrected chi connectivity index (χ3v) is 4.89. The van der Waals surface area contributed by atoms with Gasteiger partial charge in [-0.1, -0.05) is 48.5 Å². The van der Waals surface area contributed by atoms with Crippen LogP contribution < -0.4 is 5.11 Å². The fourth-order valence-electron chi connectivity index (χ4n) is 3.07. The normalized spacial score (nSPS) is 17.2. The van der Waals surface area contributed by atoms with E-state index in [-0.39, 0.29) is 23.7 Å². The van der Waals surface area contributed by atoms with E-state index < -0.39 is 11.6 Å². The Morgan fingerprint density at radius 3 is 2.40 bits per heavy atom. The number of benzene rings is 1. The molecular formula is C20H25Cl2O3-. The van der Waals surface area contributed by atoms with Crippen molar-refractivity contribution in [2.75, 3.05) is 0 Å². The van der Waals surface area contributed by atoms with Gasteiger partial charge in [0.25, 0.3) is 0 Å². The Morgan fingerprint density at radius 1 is 1.20 bits per heavy atom. The van der Waals surface area contributed by atoms with Crippen LogP contribution in [0.4, 0.5) is 0 Å².